The van der Waals surface area contributed by atoms with Crippen LogP contribution in [0.5, 0.6) is 0 Å². The van der Waals surface area contributed by atoms with Crippen molar-refractivity contribution in [2.75, 3.05) is 13.3 Å². The first-order valence-corrected chi connectivity index (χ1v) is 6.64. The Kier molecular flexibility index (Phi) is 1.75. The number of fused-ring (bicyclic) bond motifs is 9. The first kappa shape index (κ1) is 9.64. The molecule has 0 heterocycles. The molecule has 3 saturated carbocycles. The maximum atomic E-state index is 13.3. The summed E-state index contributed by atoms with van der Waals surface area (Å²) in [5, 5.41) is 9.57. The van der Waals surface area contributed by atoms with Crippen LogP contribution in [0.3, 0.4) is 0 Å². The van der Waals surface area contributed by atoms with Crippen LogP contribution in [0.4, 0.5) is 4.39 Å². The number of aliphatic hydroxyl groups excluding tert-OH is 1. The highest BCUT2D eigenvalue weighted by atomic mass is 19.1. The fourth-order valence-corrected chi connectivity index (χ4v) is 5.70. The molecule has 4 bridgehead atoms. The molecular weight excluding hydrogens is 203 g/mol. The summed E-state index contributed by atoms with van der Waals surface area (Å²) in [5.41, 5.74) is -0.357. The third-order valence-corrected chi connectivity index (χ3v) is 6.18. The average molecular weight is 222 g/mol. The zero-order chi connectivity index (χ0) is 10.9. The quantitative estimate of drug-likeness (QED) is 0.562. The van der Waals surface area contributed by atoms with Crippen molar-refractivity contribution in [1.29, 1.82) is 0 Å². The van der Waals surface area contributed by atoms with Crippen LogP contribution >= 0.6 is 0 Å². The predicted molar refractivity (Wildman–Crippen MR) is 59.4 cm³/mol. The molecule has 0 aliphatic heterocycles. The van der Waals surface area contributed by atoms with Gasteiger partial charge in [-0.1, -0.05) is 12.2 Å². The van der Waals surface area contributed by atoms with E-state index in [0.717, 1.165) is 18.3 Å². The maximum Gasteiger partial charge on any atom is 0.0975 e. The van der Waals surface area contributed by atoms with Gasteiger partial charge in [0.1, 0.15) is 0 Å². The number of hydrogen-bond acceptors (Lipinski definition) is 1. The van der Waals surface area contributed by atoms with Gasteiger partial charge in [0.2, 0.25) is 0 Å². The lowest BCUT2D eigenvalue weighted by Crippen LogP contribution is -2.42. The van der Waals surface area contributed by atoms with Gasteiger partial charge in [0, 0.05) is 5.41 Å². The molecule has 0 saturated heterocycles. The van der Waals surface area contributed by atoms with Gasteiger partial charge < -0.3 is 5.11 Å². The fraction of sp³-hybridized carbons (Fsp3) is 0.857. The van der Waals surface area contributed by atoms with Crippen LogP contribution in [0.2, 0.25) is 0 Å². The topological polar surface area (TPSA) is 20.2 Å². The van der Waals surface area contributed by atoms with Crippen molar-refractivity contribution in [3.05, 3.63) is 12.2 Å². The maximum absolute atomic E-state index is 13.3. The largest absolute Gasteiger partial charge is 0.396 e. The summed E-state index contributed by atoms with van der Waals surface area (Å²) in [5.74, 6) is 4.22. The molecule has 0 aromatic carbocycles. The van der Waals surface area contributed by atoms with Crippen LogP contribution < -0.4 is 0 Å². The number of rotatable bonds is 2. The Morgan fingerprint density at radius 3 is 2.62 bits per heavy atom. The van der Waals surface area contributed by atoms with Crippen molar-refractivity contribution in [2.24, 2.45) is 40.9 Å². The lowest BCUT2D eigenvalue weighted by molar-refractivity contribution is -0.00992. The van der Waals surface area contributed by atoms with Crippen LogP contribution in [0.1, 0.15) is 19.3 Å². The summed E-state index contributed by atoms with van der Waals surface area (Å²) < 4.78 is 13.3. The van der Waals surface area contributed by atoms with Crippen molar-refractivity contribution < 1.29 is 9.50 Å². The van der Waals surface area contributed by atoms with E-state index in [2.05, 4.69) is 12.2 Å². The molecule has 0 radical (unpaired) electrons. The second kappa shape index (κ2) is 2.90. The van der Waals surface area contributed by atoms with Gasteiger partial charge in [0.25, 0.3) is 0 Å². The van der Waals surface area contributed by atoms with E-state index in [1.54, 1.807) is 0 Å². The van der Waals surface area contributed by atoms with Crippen molar-refractivity contribution >= 4 is 0 Å². The standard InChI is InChI=1S/C14H19FO/c15-6-14(7-16)5-10-4-11(14)13-9-2-1-8(3-9)12(10)13/h1-2,8-13,16H,3-7H2. The summed E-state index contributed by atoms with van der Waals surface area (Å²) >= 11 is 0. The van der Waals surface area contributed by atoms with E-state index in [9.17, 15) is 9.50 Å². The van der Waals surface area contributed by atoms with Crippen molar-refractivity contribution in [2.45, 2.75) is 19.3 Å². The molecule has 0 aromatic heterocycles. The lowest BCUT2D eigenvalue weighted by atomic mass is 9.63. The minimum absolute atomic E-state index is 0.0645. The van der Waals surface area contributed by atoms with Crippen molar-refractivity contribution in [3.8, 4) is 0 Å². The fourth-order valence-electron chi connectivity index (χ4n) is 5.70. The van der Waals surface area contributed by atoms with Gasteiger partial charge >= 0.3 is 0 Å². The highest BCUT2D eigenvalue weighted by Crippen LogP contribution is 2.70. The van der Waals surface area contributed by atoms with Crippen LogP contribution in [-0.4, -0.2) is 18.4 Å². The Bertz CT molecular complexity index is 347. The monoisotopic (exact) mass is 222 g/mol. The van der Waals surface area contributed by atoms with E-state index in [0.29, 0.717) is 23.7 Å². The molecule has 4 aliphatic rings. The highest BCUT2D eigenvalue weighted by molar-refractivity contribution is 5.22. The number of aliphatic hydroxyl groups is 1. The SMILES string of the molecule is OCC1(CF)CC2CC1C1C3C=CC(C3)C21. The van der Waals surface area contributed by atoms with Gasteiger partial charge in [-0.15, -0.1) is 0 Å². The van der Waals surface area contributed by atoms with E-state index < -0.39 is 0 Å². The molecule has 0 amide bonds. The molecule has 0 spiro atoms. The molecule has 4 aliphatic carbocycles. The molecule has 1 nitrogen and oxygen atoms in total. The van der Waals surface area contributed by atoms with Crippen LogP contribution in [-0.2, 0) is 0 Å². The second-order valence-electron chi connectivity index (χ2n) is 6.56. The molecule has 2 heteroatoms. The molecule has 0 aromatic rings. The number of halogens is 1. The molecule has 3 fully saturated rings. The Morgan fingerprint density at radius 2 is 1.94 bits per heavy atom. The Morgan fingerprint density at radius 1 is 1.19 bits per heavy atom. The Balaban J connectivity index is 1.73. The van der Waals surface area contributed by atoms with Gasteiger partial charge in [-0.25, -0.2) is 0 Å². The molecular formula is C14H19FO. The third-order valence-electron chi connectivity index (χ3n) is 6.18. The minimum atomic E-state index is -0.357. The van der Waals surface area contributed by atoms with Gasteiger partial charge in [0.15, 0.2) is 0 Å². The summed E-state index contributed by atoms with van der Waals surface area (Å²) in [4.78, 5) is 0. The minimum Gasteiger partial charge on any atom is -0.396 e. The van der Waals surface area contributed by atoms with Gasteiger partial charge in [-0.05, 0) is 54.8 Å². The van der Waals surface area contributed by atoms with E-state index in [1.807, 2.05) is 0 Å². The Labute approximate surface area is 95.7 Å². The number of alkyl halides is 1. The molecule has 4 rings (SSSR count). The molecule has 1 N–H and O–H groups in total. The number of allylic oxidation sites excluding steroid dienone is 2. The average Bonchev–Trinajstić information content (AvgIpc) is 3.05. The smallest absolute Gasteiger partial charge is 0.0975 e. The van der Waals surface area contributed by atoms with E-state index >= 15 is 0 Å². The zero-order valence-electron chi connectivity index (χ0n) is 9.48. The van der Waals surface area contributed by atoms with E-state index in [4.69, 9.17) is 0 Å². The van der Waals surface area contributed by atoms with Crippen LogP contribution in [0.25, 0.3) is 0 Å². The normalized spacial score (nSPS) is 60.9. The van der Waals surface area contributed by atoms with Crippen molar-refractivity contribution in [3.63, 3.8) is 0 Å². The zero-order valence-corrected chi connectivity index (χ0v) is 9.48. The van der Waals surface area contributed by atoms with E-state index in [-0.39, 0.29) is 18.7 Å². The van der Waals surface area contributed by atoms with Crippen molar-refractivity contribution in [1.82, 2.24) is 0 Å². The summed E-state index contributed by atoms with van der Waals surface area (Å²) in [6.07, 6.45) is 8.23. The number of hydrogen-bond donors (Lipinski definition) is 1. The van der Waals surface area contributed by atoms with E-state index in [1.165, 1.54) is 12.8 Å². The molecule has 7 atom stereocenters. The molecule has 16 heavy (non-hydrogen) atoms. The summed E-state index contributed by atoms with van der Waals surface area (Å²) in [6.45, 7) is -0.246. The second-order valence-corrected chi connectivity index (χ2v) is 6.56. The predicted octanol–water partition coefficient (Wildman–Crippen LogP) is 2.41. The lowest BCUT2D eigenvalue weighted by Gasteiger charge is -2.43. The first-order chi connectivity index (χ1) is 7.79. The van der Waals surface area contributed by atoms with Gasteiger partial charge in [-0.3, -0.25) is 4.39 Å². The van der Waals surface area contributed by atoms with Gasteiger partial charge in [-0.2, -0.15) is 0 Å². The third kappa shape index (κ3) is 0.883. The van der Waals surface area contributed by atoms with Crippen LogP contribution in [0, 0.1) is 40.9 Å². The Hall–Kier alpha value is -0.370. The van der Waals surface area contributed by atoms with Gasteiger partial charge in [0.05, 0.1) is 13.3 Å². The highest BCUT2D eigenvalue weighted by Gasteiger charge is 2.65. The summed E-state index contributed by atoms with van der Waals surface area (Å²) in [7, 11) is 0. The first-order valence-electron chi connectivity index (χ1n) is 6.64. The molecule has 7 unspecified atom stereocenters. The summed E-state index contributed by atoms with van der Waals surface area (Å²) in [6, 6.07) is 0. The molecule has 88 valence electrons. The van der Waals surface area contributed by atoms with Crippen LogP contribution in [0.15, 0.2) is 12.2 Å².